The van der Waals surface area contributed by atoms with Crippen LogP contribution in [0.2, 0.25) is 0 Å². The summed E-state index contributed by atoms with van der Waals surface area (Å²) in [5.74, 6) is 1.05. The normalized spacial score (nSPS) is 31.2. The molecule has 3 atom stereocenters. The van der Waals surface area contributed by atoms with Crippen LogP contribution in [-0.4, -0.2) is 62.5 Å². The molecule has 24 heavy (non-hydrogen) atoms. The van der Waals surface area contributed by atoms with Crippen molar-refractivity contribution in [2.45, 2.75) is 31.5 Å². The van der Waals surface area contributed by atoms with E-state index in [-0.39, 0.29) is 17.6 Å². The van der Waals surface area contributed by atoms with Crippen LogP contribution in [-0.2, 0) is 14.9 Å². The molecule has 1 aromatic carbocycles. The van der Waals surface area contributed by atoms with Crippen molar-refractivity contribution in [1.82, 2.24) is 8.61 Å². The van der Waals surface area contributed by atoms with Crippen molar-refractivity contribution >= 4 is 10.2 Å². The molecule has 2 fully saturated rings. The van der Waals surface area contributed by atoms with E-state index in [1.807, 2.05) is 30.3 Å². The highest BCUT2D eigenvalue weighted by molar-refractivity contribution is 7.86. The average Bonchev–Trinajstić information content (AvgIpc) is 2.89. The topological polar surface area (TPSA) is 59.1 Å². The van der Waals surface area contributed by atoms with Crippen LogP contribution < -0.4 is 4.74 Å². The molecule has 6 nitrogen and oxygen atoms in total. The minimum atomic E-state index is -3.35. The highest BCUT2D eigenvalue weighted by atomic mass is 32.2. The summed E-state index contributed by atoms with van der Waals surface area (Å²) in [6.07, 6.45) is 1.66. The van der Waals surface area contributed by atoms with E-state index in [4.69, 9.17) is 9.47 Å². The zero-order valence-electron chi connectivity index (χ0n) is 14.5. The summed E-state index contributed by atoms with van der Waals surface area (Å²) in [5, 5.41) is 0. The Hall–Kier alpha value is -1.15. The van der Waals surface area contributed by atoms with Crippen molar-refractivity contribution in [3.05, 3.63) is 30.3 Å². The average molecular weight is 354 g/mol. The number of hydrogen-bond acceptors (Lipinski definition) is 4. The second-order valence-electron chi connectivity index (χ2n) is 7.11. The number of piperidine rings is 1. The first kappa shape index (κ1) is 17.7. The molecule has 134 valence electrons. The fourth-order valence-corrected chi connectivity index (χ4v) is 4.76. The predicted octanol–water partition coefficient (Wildman–Crippen LogP) is 1.74. The molecule has 0 aliphatic carbocycles. The summed E-state index contributed by atoms with van der Waals surface area (Å²) in [5.41, 5.74) is -0.372. The molecule has 0 bridgehead atoms. The molecular formula is C17H26N2O4S. The lowest BCUT2D eigenvalue weighted by Crippen LogP contribution is -2.48. The van der Waals surface area contributed by atoms with Crippen LogP contribution >= 0.6 is 0 Å². The zero-order valence-corrected chi connectivity index (χ0v) is 15.3. The SMILES string of the molecule is CN(C)S(=O)(=O)N1CC[C@@H]2O[C@@](C)(COc3ccccc3)C[C@@H]2C1. The summed E-state index contributed by atoms with van der Waals surface area (Å²) in [4.78, 5) is 0. The van der Waals surface area contributed by atoms with Gasteiger partial charge in [0.15, 0.2) is 0 Å². The number of para-hydroxylation sites is 1. The van der Waals surface area contributed by atoms with E-state index >= 15 is 0 Å². The maximum atomic E-state index is 12.3. The molecule has 0 aromatic heterocycles. The van der Waals surface area contributed by atoms with Gasteiger partial charge in [-0.1, -0.05) is 18.2 Å². The van der Waals surface area contributed by atoms with Gasteiger partial charge >= 0.3 is 0 Å². The molecule has 3 rings (SSSR count). The summed E-state index contributed by atoms with van der Waals surface area (Å²) in [6.45, 7) is 3.56. The Kier molecular flexibility index (Phi) is 4.88. The summed E-state index contributed by atoms with van der Waals surface area (Å²) in [7, 11) is -0.204. The van der Waals surface area contributed by atoms with Crippen molar-refractivity contribution < 1.29 is 17.9 Å². The quantitative estimate of drug-likeness (QED) is 0.808. The largest absolute Gasteiger partial charge is 0.491 e. The van der Waals surface area contributed by atoms with Gasteiger partial charge in [0.1, 0.15) is 18.0 Å². The van der Waals surface area contributed by atoms with Gasteiger partial charge in [-0.05, 0) is 31.9 Å². The van der Waals surface area contributed by atoms with Crippen LogP contribution in [0.25, 0.3) is 0 Å². The van der Waals surface area contributed by atoms with E-state index in [2.05, 4.69) is 6.92 Å². The minimum absolute atomic E-state index is 0.114. The van der Waals surface area contributed by atoms with Crippen LogP contribution in [0, 0.1) is 5.92 Å². The Morgan fingerprint density at radius 2 is 2.04 bits per heavy atom. The van der Waals surface area contributed by atoms with Crippen LogP contribution in [0.15, 0.2) is 30.3 Å². The molecule has 0 saturated carbocycles. The molecule has 7 heteroatoms. The first-order valence-electron chi connectivity index (χ1n) is 8.33. The minimum Gasteiger partial charge on any atom is -0.491 e. The lowest BCUT2D eigenvalue weighted by molar-refractivity contribution is -0.0656. The van der Waals surface area contributed by atoms with Crippen molar-refractivity contribution in [3.63, 3.8) is 0 Å². The van der Waals surface area contributed by atoms with Crippen molar-refractivity contribution in [2.24, 2.45) is 5.92 Å². The van der Waals surface area contributed by atoms with Gasteiger partial charge in [-0.15, -0.1) is 0 Å². The molecule has 2 saturated heterocycles. The fraction of sp³-hybridized carbons (Fsp3) is 0.647. The number of rotatable bonds is 5. The predicted molar refractivity (Wildman–Crippen MR) is 92.1 cm³/mol. The van der Waals surface area contributed by atoms with Crippen LogP contribution in [0.4, 0.5) is 0 Å². The first-order chi connectivity index (χ1) is 11.3. The standard InChI is InChI=1S/C17H26N2O4S/c1-17(13-22-15-7-5-4-6-8-15)11-14-12-19(10-9-16(14)23-17)24(20,21)18(2)3/h4-8,14,16H,9-13H2,1-3H3/t14-,16+,17-/m1/s1. The first-order valence-corrected chi connectivity index (χ1v) is 9.73. The Balaban J connectivity index is 1.62. The van der Waals surface area contributed by atoms with Gasteiger partial charge in [-0.3, -0.25) is 0 Å². The van der Waals surface area contributed by atoms with Crippen LogP contribution in [0.3, 0.4) is 0 Å². The number of nitrogens with zero attached hydrogens (tertiary/aromatic N) is 2. The molecule has 2 aliphatic heterocycles. The third kappa shape index (κ3) is 3.59. The lowest BCUT2D eigenvalue weighted by atomic mass is 9.90. The van der Waals surface area contributed by atoms with Gasteiger partial charge in [0, 0.05) is 33.1 Å². The van der Waals surface area contributed by atoms with Gasteiger partial charge in [-0.25, -0.2) is 0 Å². The number of hydrogen-bond donors (Lipinski definition) is 0. The molecule has 2 aliphatic rings. The third-order valence-corrected chi connectivity index (χ3v) is 6.74. The number of benzene rings is 1. The highest BCUT2D eigenvalue weighted by Gasteiger charge is 2.48. The Morgan fingerprint density at radius 1 is 1.33 bits per heavy atom. The van der Waals surface area contributed by atoms with Crippen LogP contribution in [0.5, 0.6) is 5.75 Å². The second kappa shape index (κ2) is 6.63. The Labute approximate surface area is 144 Å². The van der Waals surface area contributed by atoms with E-state index in [1.165, 1.54) is 4.31 Å². The molecule has 0 spiro atoms. The maximum absolute atomic E-state index is 12.3. The molecule has 0 radical (unpaired) electrons. The van der Waals surface area contributed by atoms with Gasteiger partial charge in [-0.2, -0.15) is 17.0 Å². The molecule has 0 amide bonds. The fourth-order valence-electron chi connectivity index (χ4n) is 3.58. The van der Waals surface area contributed by atoms with Gasteiger partial charge in [0.05, 0.1) is 6.10 Å². The van der Waals surface area contributed by atoms with Crippen molar-refractivity contribution in [2.75, 3.05) is 33.8 Å². The maximum Gasteiger partial charge on any atom is 0.281 e. The van der Waals surface area contributed by atoms with Crippen molar-refractivity contribution in [3.8, 4) is 5.75 Å². The summed E-state index contributed by atoms with van der Waals surface area (Å²) in [6, 6.07) is 9.69. The third-order valence-electron chi connectivity index (χ3n) is 4.83. The molecule has 2 heterocycles. The van der Waals surface area contributed by atoms with Gasteiger partial charge in [0.25, 0.3) is 10.2 Å². The number of fused-ring (bicyclic) bond motifs is 1. The van der Waals surface area contributed by atoms with Gasteiger partial charge in [0.2, 0.25) is 0 Å². The summed E-state index contributed by atoms with van der Waals surface area (Å²) >= 11 is 0. The molecule has 0 unspecified atom stereocenters. The monoisotopic (exact) mass is 354 g/mol. The van der Waals surface area contributed by atoms with Gasteiger partial charge < -0.3 is 9.47 Å². The van der Waals surface area contributed by atoms with E-state index < -0.39 is 10.2 Å². The smallest absolute Gasteiger partial charge is 0.281 e. The Morgan fingerprint density at radius 3 is 2.71 bits per heavy atom. The highest BCUT2D eigenvalue weighted by Crippen LogP contribution is 2.40. The molecular weight excluding hydrogens is 328 g/mol. The second-order valence-corrected chi connectivity index (χ2v) is 9.25. The van der Waals surface area contributed by atoms with Crippen LogP contribution in [0.1, 0.15) is 19.8 Å². The van der Waals surface area contributed by atoms with E-state index in [9.17, 15) is 8.42 Å². The van der Waals surface area contributed by atoms with Crippen molar-refractivity contribution in [1.29, 1.82) is 0 Å². The van der Waals surface area contributed by atoms with E-state index in [0.717, 1.165) is 18.6 Å². The van der Waals surface area contributed by atoms with E-state index in [0.29, 0.717) is 19.7 Å². The number of ether oxygens (including phenoxy) is 2. The lowest BCUT2D eigenvalue weighted by Gasteiger charge is -2.34. The Bertz CT molecular complexity index is 664. The molecule has 0 N–H and O–H groups in total. The zero-order chi connectivity index (χ0) is 17.4. The van der Waals surface area contributed by atoms with E-state index in [1.54, 1.807) is 18.4 Å². The summed E-state index contributed by atoms with van der Waals surface area (Å²) < 4.78 is 39.6. The molecule has 1 aromatic rings.